The standard InChI is InChI=1S/C39H41ClN2/c1-29-27-33(41-25-11-17-31-13-5-3-6-14-31)21-23-35(29)39(37-19-9-10-20-38(37)40)36-24-22-34(28-30(36)2)42-26-12-18-32-15-7-4-8-16-32/h3-10,13-16,19-24,27-28,39,41-42H,11-12,17-18,25-26H2,1-2H3. The van der Waals surface area contributed by atoms with Crippen molar-refractivity contribution in [2.75, 3.05) is 23.7 Å². The molecule has 0 atom stereocenters. The fourth-order valence-corrected chi connectivity index (χ4v) is 6.02. The number of hydrogen-bond acceptors (Lipinski definition) is 2. The molecule has 0 aliphatic rings. The highest BCUT2D eigenvalue weighted by atomic mass is 35.5. The number of hydrogen-bond donors (Lipinski definition) is 2. The molecule has 5 rings (SSSR count). The number of anilines is 2. The number of halogens is 1. The van der Waals surface area contributed by atoms with Crippen LogP contribution in [-0.2, 0) is 12.8 Å². The molecule has 42 heavy (non-hydrogen) atoms. The van der Waals surface area contributed by atoms with E-state index in [1.54, 1.807) is 0 Å². The smallest absolute Gasteiger partial charge is 0.0447 e. The highest BCUT2D eigenvalue weighted by molar-refractivity contribution is 6.31. The van der Waals surface area contributed by atoms with Crippen LogP contribution in [0.1, 0.15) is 57.7 Å². The Bertz CT molecular complexity index is 1470. The number of aryl methyl sites for hydroxylation is 4. The van der Waals surface area contributed by atoms with Crippen LogP contribution in [0.25, 0.3) is 0 Å². The lowest BCUT2D eigenvalue weighted by molar-refractivity contribution is 0.862. The molecule has 0 fully saturated rings. The predicted molar refractivity (Wildman–Crippen MR) is 181 cm³/mol. The van der Waals surface area contributed by atoms with Crippen molar-refractivity contribution in [1.29, 1.82) is 0 Å². The molecule has 0 aliphatic carbocycles. The molecule has 2 nitrogen and oxygen atoms in total. The van der Waals surface area contributed by atoms with E-state index in [9.17, 15) is 0 Å². The molecular formula is C39H41ClN2. The highest BCUT2D eigenvalue weighted by Gasteiger charge is 2.23. The Morgan fingerprint density at radius 2 is 0.976 bits per heavy atom. The van der Waals surface area contributed by atoms with Gasteiger partial charge in [0.25, 0.3) is 0 Å². The van der Waals surface area contributed by atoms with Crippen LogP contribution in [0.2, 0.25) is 5.02 Å². The zero-order valence-electron chi connectivity index (χ0n) is 24.7. The zero-order chi connectivity index (χ0) is 29.1. The number of rotatable bonds is 13. The minimum Gasteiger partial charge on any atom is -0.385 e. The summed E-state index contributed by atoms with van der Waals surface area (Å²) in [5.74, 6) is 0.0537. The van der Waals surface area contributed by atoms with Gasteiger partial charge in [-0.25, -0.2) is 0 Å². The van der Waals surface area contributed by atoms with Gasteiger partial charge in [-0.2, -0.15) is 0 Å². The Labute approximate surface area is 256 Å². The van der Waals surface area contributed by atoms with Gasteiger partial charge < -0.3 is 10.6 Å². The van der Waals surface area contributed by atoms with E-state index in [1.807, 2.05) is 12.1 Å². The van der Waals surface area contributed by atoms with Crippen LogP contribution in [0.3, 0.4) is 0 Å². The van der Waals surface area contributed by atoms with Gasteiger partial charge in [-0.15, -0.1) is 0 Å². The predicted octanol–water partition coefficient (Wildman–Crippen LogP) is 10.2. The second kappa shape index (κ2) is 14.8. The molecule has 214 valence electrons. The minimum atomic E-state index is 0.0537. The van der Waals surface area contributed by atoms with Crippen molar-refractivity contribution >= 4 is 23.0 Å². The summed E-state index contributed by atoms with van der Waals surface area (Å²) in [6, 6.07) is 43.2. The van der Waals surface area contributed by atoms with Gasteiger partial charge in [0.1, 0.15) is 0 Å². The quantitative estimate of drug-likeness (QED) is 0.108. The maximum atomic E-state index is 6.83. The van der Waals surface area contributed by atoms with Gasteiger partial charge in [0, 0.05) is 35.4 Å². The van der Waals surface area contributed by atoms with Crippen LogP contribution < -0.4 is 10.6 Å². The lowest BCUT2D eigenvalue weighted by atomic mass is 9.81. The van der Waals surface area contributed by atoms with E-state index >= 15 is 0 Å². The van der Waals surface area contributed by atoms with Crippen LogP contribution in [0.15, 0.2) is 121 Å². The van der Waals surface area contributed by atoms with Crippen LogP contribution in [0, 0.1) is 13.8 Å². The second-order valence-corrected chi connectivity index (χ2v) is 11.5. The third-order valence-electron chi connectivity index (χ3n) is 8.01. The molecule has 0 spiro atoms. The fourth-order valence-electron chi connectivity index (χ4n) is 5.77. The summed E-state index contributed by atoms with van der Waals surface area (Å²) in [7, 11) is 0. The SMILES string of the molecule is Cc1cc(NCCCc2ccccc2)ccc1C(c1ccc(NCCCc2ccccc2)cc1C)c1ccccc1Cl. The van der Waals surface area contributed by atoms with Crippen molar-refractivity contribution in [3.05, 3.63) is 165 Å². The molecule has 0 bridgehead atoms. The van der Waals surface area contributed by atoms with Crippen LogP contribution in [0.4, 0.5) is 11.4 Å². The first-order valence-electron chi connectivity index (χ1n) is 15.1. The minimum absolute atomic E-state index is 0.0537. The van der Waals surface area contributed by atoms with E-state index in [2.05, 4.69) is 134 Å². The Morgan fingerprint density at radius 1 is 0.524 bits per heavy atom. The maximum absolute atomic E-state index is 6.83. The van der Waals surface area contributed by atoms with Crippen LogP contribution in [0.5, 0.6) is 0 Å². The molecule has 0 radical (unpaired) electrons. The second-order valence-electron chi connectivity index (χ2n) is 11.1. The molecule has 0 aromatic heterocycles. The number of nitrogens with one attached hydrogen (secondary N) is 2. The summed E-state index contributed by atoms with van der Waals surface area (Å²) >= 11 is 6.83. The van der Waals surface area contributed by atoms with Crippen molar-refractivity contribution in [1.82, 2.24) is 0 Å². The summed E-state index contributed by atoms with van der Waals surface area (Å²) in [4.78, 5) is 0. The van der Waals surface area contributed by atoms with Gasteiger partial charge in [0.05, 0.1) is 0 Å². The lowest BCUT2D eigenvalue weighted by Gasteiger charge is -2.25. The average Bonchev–Trinajstić information content (AvgIpc) is 3.01. The average molecular weight is 573 g/mol. The molecule has 0 saturated carbocycles. The molecule has 0 unspecified atom stereocenters. The van der Waals surface area contributed by atoms with E-state index in [1.165, 1.54) is 33.4 Å². The van der Waals surface area contributed by atoms with Crippen molar-refractivity contribution < 1.29 is 0 Å². The zero-order valence-corrected chi connectivity index (χ0v) is 25.5. The maximum Gasteiger partial charge on any atom is 0.0447 e. The molecule has 3 heteroatoms. The molecule has 5 aromatic rings. The van der Waals surface area contributed by atoms with Gasteiger partial charge in [-0.1, -0.05) is 103 Å². The first-order chi connectivity index (χ1) is 20.6. The van der Waals surface area contributed by atoms with Gasteiger partial charge in [0.15, 0.2) is 0 Å². The van der Waals surface area contributed by atoms with E-state index in [4.69, 9.17) is 11.6 Å². The number of benzene rings is 5. The van der Waals surface area contributed by atoms with Gasteiger partial charge in [-0.05, 0) is 109 Å². The van der Waals surface area contributed by atoms with E-state index in [0.717, 1.165) is 60.7 Å². The fraction of sp³-hybridized carbons (Fsp3) is 0.231. The Morgan fingerprint density at radius 3 is 1.43 bits per heavy atom. The summed E-state index contributed by atoms with van der Waals surface area (Å²) in [6.45, 7) is 6.32. The molecule has 2 N–H and O–H groups in total. The van der Waals surface area contributed by atoms with Gasteiger partial charge in [0.2, 0.25) is 0 Å². The monoisotopic (exact) mass is 572 g/mol. The topological polar surface area (TPSA) is 24.1 Å². The van der Waals surface area contributed by atoms with Crippen molar-refractivity contribution in [3.8, 4) is 0 Å². The third-order valence-corrected chi connectivity index (χ3v) is 8.35. The summed E-state index contributed by atoms with van der Waals surface area (Å²) in [5, 5.41) is 8.06. The molecular weight excluding hydrogens is 532 g/mol. The van der Waals surface area contributed by atoms with Crippen molar-refractivity contribution in [3.63, 3.8) is 0 Å². The lowest BCUT2D eigenvalue weighted by Crippen LogP contribution is -2.10. The first kappa shape index (κ1) is 29.5. The third kappa shape index (κ3) is 7.84. The van der Waals surface area contributed by atoms with Crippen LogP contribution in [-0.4, -0.2) is 13.1 Å². The first-order valence-corrected chi connectivity index (χ1v) is 15.5. The molecule has 5 aromatic carbocycles. The normalized spacial score (nSPS) is 11.0. The molecule has 0 saturated heterocycles. The Balaban J connectivity index is 1.30. The Kier molecular flexibility index (Phi) is 10.4. The van der Waals surface area contributed by atoms with Crippen molar-refractivity contribution in [2.24, 2.45) is 0 Å². The summed E-state index contributed by atoms with van der Waals surface area (Å²) in [6.07, 6.45) is 4.35. The van der Waals surface area contributed by atoms with E-state index in [0.29, 0.717) is 0 Å². The van der Waals surface area contributed by atoms with Crippen molar-refractivity contribution in [2.45, 2.75) is 45.4 Å². The Hall–Kier alpha value is -4.01. The largest absolute Gasteiger partial charge is 0.385 e. The summed E-state index contributed by atoms with van der Waals surface area (Å²) in [5.41, 5.74) is 11.3. The van der Waals surface area contributed by atoms with E-state index in [-0.39, 0.29) is 5.92 Å². The molecule has 0 aliphatic heterocycles. The summed E-state index contributed by atoms with van der Waals surface area (Å²) < 4.78 is 0. The highest BCUT2D eigenvalue weighted by Crippen LogP contribution is 2.40. The van der Waals surface area contributed by atoms with Gasteiger partial charge in [-0.3, -0.25) is 0 Å². The van der Waals surface area contributed by atoms with Crippen LogP contribution >= 0.6 is 11.6 Å². The molecule has 0 amide bonds. The van der Waals surface area contributed by atoms with E-state index < -0.39 is 0 Å². The van der Waals surface area contributed by atoms with Gasteiger partial charge >= 0.3 is 0 Å². The molecule has 0 heterocycles.